The van der Waals surface area contributed by atoms with Crippen LogP contribution in [0.15, 0.2) is 22.7 Å². The second-order valence-electron chi connectivity index (χ2n) is 4.70. The first-order valence-electron chi connectivity index (χ1n) is 6.50. The van der Waals surface area contributed by atoms with Crippen LogP contribution in [-0.4, -0.2) is 50.3 Å². The van der Waals surface area contributed by atoms with E-state index in [2.05, 4.69) is 20.8 Å². The van der Waals surface area contributed by atoms with Crippen LogP contribution in [0.4, 0.5) is 0 Å². The average Bonchev–Trinajstić information content (AvgIpc) is 2.41. The second kappa shape index (κ2) is 8.69. The van der Waals surface area contributed by atoms with Gasteiger partial charge in [-0.05, 0) is 38.7 Å². The largest absolute Gasteiger partial charge is 0.493 e. The number of benzene rings is 1. The maximum Gasteiger partial charge on any atom is 0.328 e. The molecule has 0 aromatic heterocycles. The Hall–Kier alpha value is -1.53. The van der Waals surface area contributed by atoms with Crippen molar-refractivity contribution in [3.8, 4) is 11.5 Å². The summed E-state index contributed by atoms with van der Waals surface area (Å²) in [5.74, 6) is 0.115. The van der Waals surface area contributed by atoms with Crippen molar-refractivity contribution in [1.82, 2.24) is 4.90 Å². The second-order valence-corrected chi connectivity index (χ2v) is 5.62. The molecule has 1 aromatic carbocycles. The molecule has 0 bridgehead atoms. The lowest BCUT2D eigenvalue weighted by molar-refractivity contribution is -0.131. The molecular formula is C15H20BrNO4. The summed E-state index contributed by atoms with van der Waals surface area (Å²) < 4.78 is 11.9. The van der Waals surface area contributed by atoms with Gasteiger partial charge in [0.1, 0.15) is 0 Å². The molecule has 0 fully saturated rings. The zero-order valence-corrected chi connectivity index (χ0v) is 14.0. The van der Waals surface area contributed by atoms with Gasteiger partial charge in [0, 0.05) is 22.7 Å². The lowest BCUT2D eigenvalue weighted by Gasteiger charge is -2.15. The van der Waals surface area contributed by atoms with Crippen LogP contribution in [0.25, 0.3) is 6.08 Å². The molecule has 0 spiro atoms. The summed E-state index contributed by atoms with van der Waals surface area (Å²) in [6.45, 7) is 1.45. The third-order valence-electron chi connectivity index (χ3n) is 2.67. The highest BCUT2D eigenvalue weighted by Crippen LogP contribution is 2.35. The highest BCUT2D eigenvalue weighted by atomic mass is 79.9. The minimum atomic E-state index is -1.01. The van der Waals surface area contributed by atoms with E-state index >= 15 is 0 Å². The molecule has 1 N–H and O–H groups in total. The van der Waals surface area contributed by atoms with Crippen LogP contribution in [0.3, 0.4) is 0 Å². The fourth-order valence-corrected chi connectivity index (χ4v) is 2.19. The van der Waals surface area contributed by atoms with E-state index in [4.69, 9.17) is 14.6 Å². The van der Waals surface area contributed by atoms with E-state index in [1.165, 1.54) is 6.08 Å². The Morgan fingerprint density at radius 1 is 1.43 bits per heavy atom. The predicted octanol–water partition coefficient (Wildman–Crippen LogP) is 2.89. The van der Waals surface area contributed by atoms with Crippen LogP contribution >= 0.6 is 15.9 Å². The van der Waals surface area contributed by atoms with Crippen LogP contribution in [0.2, 0.25) is 0 Å². The summed E-state index contributed by atoms with van der Waals surface area (Å²) in [7, 11) is 5.56. The van der Waals surface area contributed by atoms with Crippen molar-refractivity contribution in [2.45, 2.75) is 6.42 Å². The molecule has 6 heteroatoms. The van der Waals surface area contributed by atoms with Crippen molar-refractivity contribution in [2.75, 3.05) is 34.4 Å². The number of hydrogen-bond donors (Lipinski definition) is 1. The first kappa shape index (κ1) is 17.5. The molecule has 21 heavy (non-hydrogen) atoms. The molecule has 1 rings (SSSR count). The molecule has 0 amide bonds. The van der Waals surface area contributed by atoms with Crippen molar-refractivity contribution in [3.63, 3.8) is 0 Å². The smallest absolute Gasteiger partial charge is 0.328 e. The Balaban J connectivity index is 2.94. The normalized spacial score (nSPS) is 11.1. The number of hydrogen-bond acceptors (Lipinski definition) is 4. The molecule has 116 valence electrons. The SMILES string of the molecule is COc1cc(Br)cc(C=CC(=O)O)c1OCCCN(C)C. The molecular weight excluding hydrogens is 338 g/mol. The number of methoxy groups -OCH3 is 1. The number of carboxylic acid groups (broad SMARTS) is 1. The maximum atomic E-state index is 10.7. The van der Waals surface area contributed by atoms with Gasteiger partial charge in [0.2, 0.25) is 0 Å². The van der Waals surface area contributed by atoms with Crippen LogP contribution in [0.5, 0.6) is 11.5 Å². The maximum absolute atomic E-state index is 10.7. The fraction of sp³-hybridized carbons (Fsp3) is 0.400. The molecule has 0 atom stereocenters. The van der Waals surface area contributed by atoms with E-state index in [0.29, 0.717) is 23.7 Å². The first-order chi connectivity index (χ1) is 9.93. The number of nitrogens with zero attached hydrogens (tertiary/aromatic N) is 1. The molecule has 0 aliphatic heterocycles. The van der Waals surface area contributed by atoms with Gasteiger partial charge in [-0.15, -0.1) is 0 Å². The number of carbonyl (C=O) groups is 1. The minimum absolute atomic E-state index is 0.532. The monoisotopic (exact) mass is 357 g/mol. The summed E-state index contributed by atoms with van der Waals surface area (Å²) in [6, 6.07) is 3.59. The Morgan fingerprint density at radius 2 is 2.14 bits per heavy atom. The van der Waals surface area contributed by atoms with Gasteiger partial charge in [-0.2, -0.15) is 0 Å². The lowest BCUT2D eigenvalue weighted by atomic mass is 10.1. The Bertz CT molecular complexity index is 515. The zero-order valence-electron chi connectivity index (χ0n) is 12.4. The summed E-state index contributed by atoms with van der Waals surface area (Å²) in [5.41, 5.74) is 0.661. The van der Waals surface area contributed by atoms with Crippen molar-refractivity contribution in [2.24, 2.45) is 0 Å². The van der Waals surface area contributed by atoms with E-state index in [-0.39, 0.29) is 0 Å². The Kier molecular flexibility index (Phi) is 7.25. The van der Waals surface area contributed by atoms with Gasteiger partial charge in [0.25, 0.3) is 0 Å². The number of carboxylic acids is 1. The standard InChI is InChI=1S/C15H20BrNO4/c1-17(2)7-4-8-21-15-11(5-6-14(18)19)9-12(16)10-13(15)20-3/h5-6,9-10H,4,7-8H2,1-3H3,(H,18,19). The lowest BCUT2D eigenvalue weighted by Crippen LogP contribution is -2.15. The summed E-state index contributed by atoms with van der Waals surface area (Å²) in [4.78, 5) is 12.8. The third-order valence-corrected chi connectivity index (χ3v) is 3.13. The van der Waals surface area contributed by atoms with Crippen LogP contribution < -0.4 is 9.47 Å². The minimum Gasteiger partial charge on any atom is -0.493 e. The van der Waals surface area contributed by atoms with Gasteiger partial charge in [-0.25, -0.2) is 4.79 Å². The highest BCUT2D eigenvalue weighted by Gasteiger charge is 2.11. The number of ether oxygens (including phenoxy) is 2. The van der Waals surface area contributed by atoms with Gasteiger partial charge in [0.05, 0.1) is 13.7 Å². The fourth-order valence-electron chi connectivity index (χ4n) is 1.73. The van der Waals surface area contributed by atoms with Crippen LogP contribution in [-0.2, 0) is 4.79 Å². The van der Waals surface area contributed by atoms with E-state index in [9.17, 15) is 4.79 Å². The molecule has 0 aliphatic rings. The van der Waals surface area contributed by atoms with Crippen LogP contribution in [0, 0.1) is 0 Å². The summed E-state index contributed by atoms with van der Waals surface area (Å²) in [5, 5.41) is 8.76. The molecule has 1 aromatic rings. The van der Waals surface area contributed by atoms with Crippen LogP contribution in [0.1, 0.15) is 12.0 Å². The molecule has 5 nitrogen and oxygen atoms in total. The highest BCUT2D eigenvalue weighted by molar-refractivity contribution is 9.10. The molecule has 0 aliphatic carbocycles. The van der Waals surface area contributed by atoms with Gasteiger partial charge in [-0.1, -0.05) is 15.9 Å². The van der Waals surface area contributed by atoms with Crippen molar-refractivity contribution in [1.29, 1.82) is 0 Å². The Labute approximate surface area is 133 Å². The summed E-state index contributed by atoms with van der Waals surface area (Å²) >= 11 is 3.37. The van der Waals surface area contributed by atoms with Crippen molar-refractivity contribution in [3.05, 3.63) is 28.2 Å². The zero-order chi connectivity index (χ0) is 15.8. The van der Waals surface area contributed by atoms with Crippen molar-refractivity contribution >= 4 is 28.0 Å². The average molecular weight is 358 g/mol. The number of halogens is 1. The van der Waals surface area contributed by atoms with E-state index in [1.807, 2.05) is 14.1 Å². The molecule has 0 saturated carbocycles. The van der Waals surface area contributed by atoms with Gasteiger partial charge in [0.15, 0.2) is 11.5 Å². The van der Waals surface area contributed by atoms with Gasteiger partial charge in [-0.3, -0.25) is 0 Å². The van der Waals surface area contributed by atoms with E-state index < -0.39 is 5.97 Å². The van der Waals surface area contributed by atoms with E-state index in [0.717, 1.165) is 23.5 Å². The topological polar surface area (TPSA) is 59.0 Å². The first-order valence-corrected chi connectivity index (χ1v) is 7.29. The predicted molar refractivity (Wildman–Crippen MR) is 86.0 cm³/mol. The van der Waals surface area contributed by atoms with Crippen molar-refractivity contribution < 1.29 is 19.4 Å². The number of aliphatic carboxylic acids is 1. The van der Waals surface area contributed by atoms with Gasteiger partial charge < -0.3 is 19.5 Å². The van der Waals surface area contributed by atoms with Gasteiger partial charge >= 0.3 is 5.97 Å². The summed E-state index contributed by atoms with van der Waals surface area (Å²) in [6.07, 6.45) is 3.44. The molecule has 0 unspecified atom stereocenters. The molecule has 0 saturated heterocycles. The molecule has 0 heterocycles. The number of rotatable bonds is 8. The van der Waals surface area contributed by atoms with E-state index in [1.54, 1.807) is 19.2 Å². The molecule has 0 radical (unpaired) electrons. The third kappa shape index (κ3) is 6.18. The quantitative estimate of drug-likeness (QED) is 0.572. The Morgan fingerprint density at radius 3 is 2.71 bits per heavy atom.